The largest absolute Gasteiger partial charge is 0.457 e. The number of hydrogen-bond donors (Lipinski definition) is 0. The molecular formula is C32H26O8S3. The lowest BCUT2D eigenvalue weighted by Gasteiger charge is -2.10. The zero-order valence-electron chi connectivity index (χ0n) is 23.0. The maximum atomic E-state index is 13.2. The van der Waals surface area contributed by atoms with E-state index in [4.69, 9.17) is 17.4 Å². The number of benzene rings is 5. The Bertz CT molecular complexity index is 2030. The molecule has 220 valence electrons. The lowest BCUT2D eigenvalue weighted by atomic mass is 10.0. The highest BCUT2D eigenvalue weighted by Crippen LogP contribution is 2.29. The normalized spacial score (nSPS) is 11.2. The molecule has 0 radical (unpaired) electrons. The summed E-state index contributed by atoms with van der Waals surface area (Å²) < 4.78 is 83.2. The van der Waals surface area contributed by atoms with Crippen LogP contribution in [0.2, 0.25) is 0 Å². The molecule has 0 saturated carbocycles. The van der Waals surface area contributed by atoms with Crippen molar-refractivity contribution in [2.24, 2.45) is 0 Å². The van der Waals surface area contributed by atoms with E-state index in [1.54, 1.807) is 72.8 Å². The maximum absolute atomic E-state index is 13.2. The first-order chi connectivity index (χ1) is 20.4. The average Bonchev–Trinajstić information content (AvgIpc) is 2.98. The first-order valence-electron chi connectivity index (χ1n) is 12.7. The van der Waals surface area contributed by atoms with E-state index in [0.29, 0.717) is 11.5 Å². The molecule has 0 aromatic heterocycles. The van der Waals surface area contributed by atoms with Gasteiger partial charge in [0.1, 0.15) is 11.5 Å². The second-order valence-electron chi connectivity index (χ2n) is 9.46. The molecule has 0 aliphatic carbocycles. The van der Waals surface area contributed by atoms with Gasteiger partial charge in [-0.15, -0.1) is 12.6 Å². The van der Waals surface area contributed by atoms with Crippen LogP contribution in [0.3, 0.4) is 0 Å². The Balaban J connectivity index is 0.000000996. The smallest absolute Gasteiger partial charge is 0.425 e. The van der Waals surface area contributed by atoms with Gasteiger partial charge in [-0.2, -0.15) is 0 Å². The SMILES string of the molecule is Cc1ccc(-c2ccc(S(=O)(=O)c3ccc(Oc4ccc(S(=O)(=O)c5ccc(C)cc5)cc4)cc3)cc2)cc1.O=S(=O)=O. The number of rotatable bonds is 7. The molecule has 0 heterocycles. The lowest BCUT2D eigenvalue weighted by molar-refractivity contribution is 0.481. The van der Waals surface area contributed by atoms with Crippen molar-refractivity contribution in [3.8, 4) is 22.6 Å². The molecule has 8 nitrogen and oxygen atoms in total. The van der Waals surface area contributed by atoms with Gasteiger partial charge in [-0.3, -0.25) is 0 Å². The molecule has 0 fully saturated rings. The van der Waals surface area contributed by atoms with Gasteiger partial charge in [-0.1, -0.05) is 59.7 Å². The fourth-order valence-electron chi connectivity index (χ4n) is 4.07. The van der Waals surface area contributed by atoms with Crippen molar-refractivity contribution < 1.29 is 34.2 Å². The summed E-state index contributed by atoms with van der Waals surface area (Å²) in [6.07, 6.45) is 0. The molecule has 0 aliphatic heterocycles. The van der Waals surface area contributed by atoms with Gasteiger partial charge in [-0.25, -0.2) is 16.8 Å². The van der Waals surface area contributed by atoms with Crippen LogP contribution in [0.5, 0.6) is 11.5 Å². The van der Waals surface area contributed by atoms with Crippen molar-refractivity contribution in [3.63, 3.8) is 0 Å². The van der Waals surface area contributed by atoms with Gasteiger partial charge >= 0.3 is 10.6 Å². The van der Waals surface area contributed by atoms with E-state index >= 15 is 0 Å². The Labute approximate surface area is 252 Å². The van der Waals surface area contributed by atoms with Crippen LogP contribution in [0, 0.1) is 13.8 Å². The summed E-state index contributed by atoms with van der Waals surface area (Å²) in [5.41, 5.74) is 4.10. The second kappa shape index (κ2) is 13.2. The Morgan fingerprint density at radius 1 is 0.419 bits per heavy atom. The number of ether oxygens (including phenoxy) is 1. The molecule has 0 aliphatic rings. The van der Waals surface area contributed by atoms with Crippen LogP contribution in [-0.2, 0) is 30.3 Å². The monoisotopic (exact) mass is 634 g/mol. The molecule has 43 heavy (non-hydrogen) atoms. The molecule has 0 bridgehead atoms. The summed E-state index contributed by atoms with van der Waals surface area (Å²) >= 11 is 0. The molecule has 0 spiro atoms. The van der Waals surface area contributed by atoms with Crippen LogP contribution in [0.15, 0.2) is 141 Å². The van der Waals surface area contributed by atoms with Crippen molar-refractivity contribution >= 4 is 30.3 Å². The van der Waals surface area contributed by atoms with Crippen molar-refractivity contribution in [1.29, 1.82) is 0 Å². The number of aryl methyl sites for hydroxylation is 2. The topological polar surface area (TPSA) is 129 Å². The van der Waals surface area contributed by atoms with Crippen LogP contribution in [-0.4, -0.2) is 29.5 Å². The molecule has 5 aromatic carbocycles. The Hall–Kier alpha value is -4.58. The molecule has 0 amide bonds. The van der Waals surface area contributed by atoms with Crippen molar-refractivity contribution in [2.75, 3.05) is 0 Å². The molecular weight excluding hydrogens is 609 g/mol. The lowest BCUT2D eigenvalue weighted by Crippen LogP contribution is -2.02. The predicted molar refractivity (Wildman–Crippen MR) is 161 cm³/mol. The van der Waals surface area contributed by atoms with Crippen molar-refractivity contribution in [2.45, 2.75) is 33.4 Å². The molecule has 0 saturated heterocycles. The van der Waals surface area contributed by atoms with E-state index in [0.717, 1.165) is 22.3 Å². The third-order valence-corrected chi connectivity index (χ3v) is 9.96. The summed E-state index contributed by atoms with van der Waals surface area (Å²) in [7, 11) is -10.5. The van der Waals surface area contributed by atoms with Crippen molar-refractivity contribution in [1.82, 2.24) is 0 Å². The van der Waals surface area contributed by atoms with Gasteiger partial charge in [0, 0.05) is 0 Å². The van der Waals surface area contributed by atoms with Gasteiger partial charge in [-0.05, 0) is 97.8 Å². The minimum absolute atomic E-state index is 0.150. The Kier molecular flexibility index (Phi) is 9.59. The first kappa shape index (κ1) is 31.4. The molecule has 5 aromatic rings. The predicted octanol–water partition coefficient (Wildman–Crippen LogP) is 6.42. The van der Waals surface area contributed by atoms with Crippen LogP contribution in [0.25, 0.3) is 11.1 Å². The fraction of sp³-hybridized carbons (Fsp3) is 0.0625. The van der Waals surface area contributed by atoms with Gasteiger partial charge in [0.2, 0.25) is 19.7 Å². The van der Waals surface area contributed by atoms with Gasteiger partial charge in [0.25, 0.3) is 0 Å². The van der Waals surface area contributed by atoms with Gasteiger partial charge in [0.15, 0.2) is 0 Å². The van der Waals surface area contributed by atoms with E-state index in [1.165, 1.54) is 24.3 Å². The molecule has 11 heteroatoms. The summed E-state index contributed by atoms with van der Waals surface area (Å²) in [6, 6.07) is 33.8. The maximum Gasteiger partial charge on any atom is 0.425 e. The van der Waals surface area contributed by atoms with Crippen LogP contribution < -0.4 is 4.74 Å². The van der Waals surface area contributed by atoms with Gasteiger partial charge in [0.05, 0.1) is 19.6 Å². The van der Waals surface area contributed by atoms with E-state index in [9.17, 15) is 16.8 Å². The minimum atomic E-state index is -3.71. The highest BCUT2D eigenvalue weighted by Gasteiger charge is 2.19. The van der Waals surface area contributed by atoms with E-state index in [2.05, 4.69) is 0 Å². The second-order valence-corrected chi connectivity index (χ2v) is 13.8. The van der Waals surface area contributed by atoms with Crippen LogP contribution in [0.1, 0.15) is 11.1 Å². The van der Waals surface area contributed by atoms with Crippen LogP contribution in [0.4, 0.5) is 0 Å². The number of hydrogen-bond acceptors (Lipinski definition) is 8. The summed E-state index contributed by atoms with van der Waals surface area (Å²) in [4.78, 5) is 0.742. The summed E-state index contributed by atoms with van der Waals surface area (Å²) in [5.74, 6) is 0.859. The van der Waals surface area contributed by atoms with E-state index < -0.39 is 30.3 Å². The molecule has 5 rings (SSSR count). The third kappa shape index (κ3) is 7.83. The quantitative estimate of drug-likeness (QED) is 0.201. The fourth-order valence-corrected chi connectivity index (χ4v) is 6.59. The van der Waals surface area contributed by atoms with E-state index in [-0.39, 0.29) is 19.6 Å². The Morgan fingerprint density at radius 3 is 0.977 bits per heavy atom. The highest BCUT2D eigenvalue weighted by molar-refractivity contribution is 7.91. The molecule has 0 N–H and O–H groups in total. The Morgan fingerprint density at radius 2 is 0.651 bits per heavy atom. The van der Waals surface area contributed by atoms with Crippen molar-refractivity contribution in [3.05, 3.63) is 132 Å². The average molecular weight is 635 g/mol. The molecule has 0 unspecified atom stereocenters. The van der Waals surface area contributed by atoms with Gasteiger partial charge < -0.3 is 4.74 Å². The standard InChI is InChI=1S/C32H26O5S2.O3S/c1-23-3-7-25(8-4-23)26-9-17-30(18-10-26)39(35,36)32-21-13-28(14-22-32)37-27-11-19-31(20-12-27)38(33,34)29-15-5-24(2)6-16-29;1-4(2)3/h3-22H,1-2H3;. The van der Waals surface area contributed by atoms with E-state index in [1.807, 2.05) is 38.1 Å². The summed E-state index contributed by atoms with van der Waals surface area (Å²) in [5, 5.41) is 0. The highest BCUT2D eigenvalue weighted by atomic mass is 32.2. The third-order valence-electron chi connectivity index (χ3n) is 6.38. The minimum Gasteiger partial charge on any atom is -0.457 e. The number of sulfone groups is 2. The first-order valence-corrected chi connectivity index (χ1v) is 16.7. The molecule has 0 atom stereocenters. The zero-order chi connectivity index (χ0) is 31.2. The zero-order valence-corrected chi connectivity index (χ0v) is 25.5. The summed E-state index contributed by atoms with van der Waals surface area (Å²) in [6.45, 7) is 3.92. The van der Waals surface area contributed by atoms with Crippen LogP contribution >= 0.6 is 0 Å².